The lowest BCUT2D eigenvalue weighted by Gasteiger charge is -2.39. The Morgan fingerprint density at radius 1 is 1.24 bits per heavy atom. The number of aliphatic carboxylic acids is 1. The van der Waals surface area contributed by atoms with Crippen LogP contribution in [0.1, 0.15) is 53.4 Å². The number of likely N-dealkylation sites (N-methyl/N-ethyl adjacent to an activating group) is 1. The van der Waals surface area contributed by atoms with Crippen molar-refractivity contribution in [1.29, 1.82) is 0 Å². The normalized spacial score (nSPS) is 15.3. The van der Waals surface area contributed by atoms with Gasteiger partial charge in [-0.25, -0.2) is 0 Å². The quantitative estimate of drug-likeness (QED) is 0.441. The molecule has 0 aromatic rings. The second kappa shape index (κ2) is 10.8. The summed E-state index contributed by atoms with van der Waals surface area (Å²) in [4.78, 5) is 10.8. The van der Waals surface area contributed by atoms with E-state index in [1.807, 2.05) is 0 Å². The second-order valence-electron chi connectivity index (χ2n) is 6.04. The number of carbonyl (C=O) groups excluding carboxylic acids is 1. The number of hydrogen-bond donors (Lipinski definition) is 1. The van der Waals surface area contributed by atoms with Gasteiger partial charge in [0.15, 0.2) is 0 Å². The summed E-state index contributed by atoms with van der Waals surface area (Å²) in [6.45, 7) is 11.3. The maximum absolute atomic E-state index is 10.8. The number of unbranched alkanes of at least 4 members (excludes halogenated alkanes) is 1. The number of rotatable bonds is 12. The number of carbonyl (C=O) groups is 1. The van der Waals surface area contributed by atoms with Crippen LogP contribution in [0.3, 0.4) is 0 Å². The molecule has 0 amide bonds. The zero-order valence-electron chi connectivity index (χ0n) is 14.2. The standard InChI is InChI=1S/C17H33NO3/c1-5-8-9-10-11-16(19)14-18(6-2,7-3)13-12-15(4)17(20)21/h9-10,15-16,19H,5-8,11-14H2,1-4H3/b10-9+. The summed E-state index contributed by atoms with van der Waals surface area (Å²) >= 11 is 0. The summed E-state index contributed by atoms with van der Waals surface area (Å²) in [6, 6.07) is 0. The zero-order valence-corrected chi connectivity index (χ0v) is 14.2. The molecule has 0 saturated carbocycles. The number of aliphatic hydroxyl groups excluding tert-OH is 1. The van der Waals surface area contributed by atoms with E-state index in [-0.39, 0.29) is 6.10 Å². The third-order valence-corrected chi connectivity index (χ3v) is 4.41. The van der Waals surface area contributed by atoms with Crippen molar-refractivity contribution in [2.24, 2.45) is 5.92 Å². The van der Waals surface area contributed by atoms with E-state index in [2.05, 4.69) is 32.9 Å². The summed E-state index contributed by atoms with van der Waals surface area (Å²) < 4.78 is 0.764. The Hall–Kier alpha value is -0.870. The Labute approximate surface area is 130 Å². The fourth-order valence-electron chi connectivity index (χ4n) is 2.53. The first-order valence-corrected chi connectivity index (χ1v) is 8.29. The molecular formula is C17H33NO3. The number of quaternary nitrogens is 1. The van der Waals surface area contributed by atoms with Gasteiger partial charge in [-0.2, -0.15) is 0 Å². The van der Waals surface area contributed by atoms with E-state index in [1.165, 1.54) is 0 Å². The molecule has 4 heteroatoms. The molecule has 0 aliphatic carbocycles. The van der Waals surface area contributed by atoms with Gasteiger partial charge in [-0.1, -0.05) is 32.4 Å². The summed E-state index contributed by atoms with van der Waals surface area (Å²) in [5.41, 5.74) is 0. The average Bonchev–Trinajstić information content (AvgIpc) is 2.47. The second-order valence-corrected chi connectivity index (χ2v) is 6.04. The highest BCUT2D eigenvalue weighted by atomic mass is 16.4. The van der Waals surface area contributed by atoms with Crippen molar-refractivity contribution in [3.05, 3.63) is 12.2 Å². The molecule has 0 rings (SSSR count). The third-order valence-electron chi connectivity index (χ3n) is 4.41. The van der Waals surface area contributed by atoms with Crippen molar-refractivity contribution in [2.75, 3.05) is 26.2 Å². The van der Waals surface area contributed by atoms with Crippen molar-refractivity contribution in [2.45, 2.75) is 59.5 Å². The lowest BCUT2D eigenvalue weighted by molar-refractivity contribution is -0.928. The van der Waals surface area contributed by atoms with E-state index in [4.69, 9.17) is 0 Å². The molecule has 0 aliphatic heterocycles. The predicted octanol–water partition coefficient (Wildman–Crippen LogP) is 1.73. The Balaban J connectivity index is 4.46. The minimum atomic E-state index is -0.983. The van der Waals surface area contributed by atoms with Crippen molar-refractivity contribution < 1.29 is 19.5 Å². The van der Waals surface area contributed by atoms with Gasteiger partial charge in [-0.05, 0) is 26.7 Å². The van der Waals surface area contributed by atoms with E-state index in [1.54, 1.807) is 6.92 Å². The number of allylic oxidation sites excluding steroid dienone is 1. The third kappa shape index (κ3) is 8.22. The molecule has 0 saturated heterocycles. The number of carboxylic acids is 1. The van der Waals surface area contributed by atoms with E-state index in [9.17, 15) is 15.0 Å². The van der Waals surface area contributed by atoms with Crippen LogP contribution in [0, 0.1) is 5.92 Å². The smallest absolute Gasteiger partial charge is 0.106 e. The average molecular weight is 299 g/mol. The number of aliphatic hydroxyl groups is 1. The summed E-state index contributed by atoms with van der Waals surface area (Å²) in [6.07, 6.45) is 7.26. The lowest BCUT2D eigenvalue weighted by Crippen LogP contribution is -2.53. The Morgan fingerprint density at radius 2 is 1.86 bits per heavy atom. The molecule has 0 aromatic carbocycles. The Bertz CT molecular complexity index is 311. The van der Waals surface area contributed by atoms with Crippen LogP contribution in [0.2, 0.25) is 0 Å². The molecule has 1 N–H and O–H groups in total. The Kier molecular flexibility index (Phi) is 10.4. The van der Waals surface area contributed by atoms with Crippen LogP contribution >= 0.6 is 0 Å². The molecular weight excluding hydrogens is 266 g/mol. The molecule has 0 bridgehead atoms. The molecule has 0 heterocycles. The zero-order chi connectivity index (χ0) is 16.3. The van der Waals surface area contributed by atoms with Crippen molar-refractivity contribution in [3.63, 3.8) is 0 Å². The minimum Gasteiger partial charge on any atom is -0.550 e. The fourth-order valence-corrected chi connectivity index (χ4v) is 2.53. The predicted molar refractivity (Wildman–Crippen MR) is 84.5 cm³/mol. The Morgan fingerprint density at radius 3 is 2.33 bits per heavy atom. The number of hydrogen-bond acceptors (Lipinski definition) is 3. The van der Waals surface area contributed by atoms with Gasteiger partial charge in [0, 0.05) is 18.3 Å². The molecule has 4 nitrogen and oxygen atoms in total. The highest BCUT2D eigenvalue weighted by Crippen LogP contribution is 2.14. The first-order chi connectivity index (χ1) is 9.90. The van der Waals surface area contributed by atoms with Crippen LogP contribution < -0.4 is 5.11 Å². The molecule has 21 heavy (non-hydrogen) atoms. The monoisotopic (exact) mass is 299 g/mol. The summed E-state index contributed by atoms with van der Waals surface area (Å²) in [5, 5.41) is 21.1. The van der Waals surface area contributed by atoms with Crippen molar-refractivity contribution in [1.82, 2.24) is 0 Å². The van der Waals surface area contributed by atoms with Gasteiger partial charge < -0.3 is 19.5 Å². The molecule has 0 fully saturated rings. The van der Waals surface area contributed by atoms with Gasteiger partial charge in [0.2, 0.25) is 0 Å². The highest BCUT2D eigenvalue weighted by molar-refractivity contribution is 5.66. The first-order valence-electron chi connectivity index (χ1n) is 8.29. The van der Waals surface area contributed by atoms with Gasteiger partial charge in [-0.3, -0.25) is 0 Å². The van der Waals surface area contributed by atoms with Crippen LogP contribution in [0.25, 0.3) is 0 Å². The lowest BCUT2D eigenvalue weighted by atomic mass is 10.1. The molecule has 0 aromatic heterocycles. The van der Waals surface area contributed by atoms with Crippen LogP contribution in [-0.2, 0) is 4.79 Å². The van der Waals surface area contributed by atoms with E-state index < -0.39 is 11.9 Å². The largest absolute Gasteiger partial charge is 0.550 e. The molecule has 0 radical (unpaired) electrons. The van der Waals surface area contributed by atoms with Gasteiger partial charge in [-0.15, -0.1) is 0 Å². The summed E-state index contributed by atoms with van der Waals surface area (Å²) in [7, 11) is 0. The van der Waals surface area contributed by atoms with Gasteiger partial charge >= 0.3 is 0 Å². The number of carboxylic acid groups (broad SMARTS) is 1. The molecule has 2 unspecified atom stereocenters. The van der Waals surface area contributed by atoms with Crippen molar-refractivity contribution in [3.8, 4) is 0 Å². The number of nitrogens with zero attached hydrogens (tertiary/aromatic N) is 1. The maximum Gasteiger partial charge on any atom is 0.106 e. The van der Waals surface area contributed by atoms with Crippen LogP contribution in [0.5, 0.6) is 0 Å². The van der Waals surface area contributed by atoms with E-state index in [0.29, 0.717) is 19.4 Å². The van der Waals surface area contributed by atoms with Crippen LogP contribution in [-0.4, -0.2) is 47.8 Å². The highest BCUT2D eigenvalue weighted by Gasteiger charge is 2.27. The van der Waals surface area contributed by atoms with Gasteiger partial charge in [0.1, 0.15) is 12.6 Å². The molecule has 2 atom stereocenters. The van der Waals surface area contributed by atoms with Crippen LogP contribution in [0.4, 0.5) is 0 Å². The first kappa shape index (κ1) is 20.1. The topological polar surface area (TPSA) is 60.4 Å². The fraction of sp³-hybridized carbons (Fsp3) is 0.824. The molecule has 124 valence electrons. The van der Waals surface area contributed by atoms with Gasteiger partial charge in [0.25, 0.3) is 0 Å². The van der Waals surface area contributed by atoms with E-state index >= 15 is 0 Å². The maximum atomic E-state index is 10.8. The van der Waals surface area contributed by atoms with Crippen molar-refractivity contribution >= 4 is 5.97 Å². The minimum absolute atomic E-state index is 0.365. The SMILES string of the molecule is CCC/C=C/CC(O)C[N+](CC)(CC)CCC(C)C(=O)[O-]. The molecule has 0 aliphatic rings. The summed E-state index contributed by atoms with van der Waals surface area (Å²) in [5.74, 6) is -1.41. The van der Waals surface area contributed by atoms with E-state index in [0.717, 1.165) is 37.0 Å². The van der Waals surface area contributed by atoms with Gasteiger partial charge in [0.05, 0.1) is 19.6 Å². The molecule has 0 spiro atoms. The van der Waals surface area contributed by atoms with Crippen LogP contribution in [0.15, 0.2) is 12.2 Å².